The third-order valence-corrected chi connectivity index (χ3v) is 1.14. The van der Waals surface area contributed by atoms with Crippen LogP contribution < -0.4 is 0 Å². The second-order valence-corrected chi connectivity index (χ2v) is 2.23. The smallest absolute Gasteiger partial charge is 0.319 e. The maximum Gasteiger partial charge on any atom is 0.319 e. The third kappa shape index (κ3) is 1.61. The van der Waals surface area contributed by atoms with Gasteiger partial charge in [0, 0.05) is 6.08 Å². The number of carbonyl (C=O) groups is 2. The normalized spacial score (nSPS) is 19.0. The zero-order valence-corrected chi connectivity index (χ0v) is 5.74. The van der Waals surface area contributed by atoms with Crippen molar-refractivity contribution in [2.75, 3.05) is 0 Å². The molecule has 4 heteroatoms. The standard InChI is InChI=1S/C5H5O3P/c6-3-1-4(7)8-5(9)2-3/h2H,1,9H2. The van der Waals surface area contributed by atoms with Crippen molar-refractivity contribution >= 4 is 21.0 Å². The zero-order valence-electron chi connectivity index (χ0n) is 4.59. The summed E-state index contributed by atoms with van der Waals surface area (Å²) >= 11 is 0. The predicted molar refractivity (Wildman–Crippen MR) is 33.5 cm³/mol. The molecule has 0 bridgehead atoms. The van der Waals surface area contributed by atoms with Crippen LogP contribution in [0.25, 0.3) is 0 Å². The van der Waals surface area contributed by atoms with E-state index in [4.69, 9.17) is 0 Å². The Morgan fingerprint density at radius 2 is 2.22 bits per heavy atom. The molecule has 0 radical (unpaired) electrons. The van der Waals surface area contributed by atoms with E-state index in [0.717, 1.165) is 0 Å². The monoisotopic (exact) mass is 144 g/mol. The van der Waals surface area contributed by atoms with Crippen LogP contribution in [0.5, 0.6) is 0 Å². The Labute approximate surface area is 54.3 Å². The number of cyclic esters (lactones) is 1. The van der Waals surface area contributed by atoms with E-state index in [0.29, 0.717) is 5.50 Å². The molecule has 0 fully saturated rings. The molecule has 0 aromatic heterocycles. The summed E-state index contributed by atoms with van der Waals surface area (Å²) in [4.78, 5) is 20.9. The highest BCUT2D eigenvalue weighted by Gasteiger charge is 2.15. The van der Waals surface area contributed by atoms with Gasteiger partial charge in [0.15, 0.2) is 5.78 Å². The second-order valence-electron chi connectivity index (χ2n) is 1.66. The van der Waals surface area contributed by atoms with Gasteiger partial charge in [0.25, 0.3) is 0 Å². The Morgan fingerprint density at radius 3 is 2.67 bits per heavy atom. The first-order chi connectivity index (χ1) is 4.18. The zero-order chi connectivity index (χ0) is 6.85. The molecule has 1 unspecified atom stereocenters. The summed E-state index contributed by atoms with van der Waals surface area (Å²) < 4.78 is 4.52. The Kier molecular flexibility index (Phi) is 1.63. The minimum atomic E-state index is -0.479. The van der Waals surface area contributed by atoms with Gasteiger partial charge in [-0.3, -0.25) is 9.59 Å². The lowest BCUT2D eigenvalue weighted by Gasteiger charge is -2.06. The van der Waals surface area contributed by atoms with Crippen molar-refractivity contribution in [3.05, 3.63) is 11.6 Å². The van der Waals surface area contributed by atoms with Gasteiger partial charge in [-0.25, -0.2) is 0 Å². The van der Waals surface area contributed by atoms with E-state index in [1.165, 1.54) is 6.08 Å². The lowest BCUT2D eigenvalue weighted by Crippen LogP contribution is -2.13. The molecule has 9 heavy (non-hydrogen) atoms. The number of esters is 1. The van der Waals surface area contributed by atoms with Gasteiger partial charge in [-0.2, -0.15) is 0 Å². The van der Waals surface area contributed by atoms with E-state index < -0.39 is 5.97 Å². The fraction of sp³-hybridized carbons (Fsp3) is 0.200. The van der Waals surface area contributed by atoms with Gasteiger partial charge in [-0.1, -0.05) is 9.24 Å². The minimum absolute atomic E-state index is 0.127. The molecule has 1 heterocycles. The Bertz CT molecular complexity index is 194. The molecule has 0 aromatic rings. The molecule has 0 saturated heterocycles. The molecule has 1 aliphatic heterocycles. The van der Waals surface area contributed by atoms with E-state index in [1.807, 2.05) is 0 Å². The number of hydrogen-bond donors (Lipinski definition) is 0. The van der Waals surface area contributed by atoms with Crippen LogP contribution in [0.3, 0.4) is 0 Å². The van der Waals surface area contributed by atoms with Gasteiger partial charge in [-0.05, 0) is 0 Å². The van der Waals surface area contributed by atoms with Crippen molar-refractivity contribution < 1.29 is 14.3 Å². The summed E-state index contributed by atoms with van der Waals surface area (Å²) in [5.41, 5.74) is 0.302. The average Bonchev–Trinajstić information content (AvgIpc) is 1.59. The van der Waals surface area contributed by atoms with Crippen LogP contribution in [0, 0.1) is 0 Å². The molecule has 0 saturated carbocycles. The Hall–Kier alpha value is -0.690. The molecule has 0 N–H and O–H groups in total. The Balaban J connectivity index is 2.79. The summed E-state index contributed by atoms with van der Waals surface area (Å²) in [5.74, 6) is -0.677. The average molecular weight is 144 g/mol. The van der Waals surface area contributed by atoms with Crippen LogP contribution in [-0.2, 0) is 14.3 Å². The first-order valence-corrected chi connectivity index (χ1v) is 2.97. The lowest BCUT2D eigenvalue weighted by atomic mass is 10.2. The molecule has 3 nitrogen and oxygen atoms in total. The highest BCUT2D eigenvalue weighted by Crippen LogP contribution is 2.13. The first-order valence-electron chi connectivity index (χ1n) is 2.39. The number of rotatable bonds is 0. The van der Waals surface area contributed by atoms with E-state index in [-0.39, 0.29) is 12.2 Å². The predicted octanol–water partition coefficient (Wildman–Crippen LogP) is 0.219. The highest BCUT2D eigenvalue weighted by atomic mass is 31.0. The maximum atomic E-state index is 10.5. The van der Waals surface area contributed by atoms with Crippen molar-refractivity contribution in [1.82, 2.24) is 0 Å². The largest absolute Gasteiger partial charge is 0.426 e. The van der Waals surface area contributed by atoms with Crippen LogP contribution in [0.1, 0.15) is 6.42 Å². The molecule has 0 spiro atoms. The van der Waals surface area contributed by atoms with Crippen LogP contribution in [0.4, 0.5) is 0 Å². The quantitative estimate of drug-likeness (QED) is 0.277. The minimum Gasteiger partial charge on any atom is -0.426 e. The summed E-state index contributed by atoms with van der Waals surface area (Å²) in [5, 5.41) is 0. The number of hydrogen-bond acceptors (Lipinski definition) is 3. The fourth-order valence-corrected chi connectivity index (χ4v) is 0.866. The van der Waals surface area contributed by atoms with Crippen molar-refractivity contribution in [2.24, 2.45) is 0 Å². The summed E-state index contributed by atoms with van der Waals surface area (Å²) in [6.07, 6.45) is 1.16. The molecule has 0 aromatic carbocycles. The van der Waals surface area contributed by atoms with Crippen molar-refractivity contribution in [3.63, 3.8) is 0 Å². The van der Waals surface area contributed by atoms with Crippen LogP contribution in [0.15, 0.2) is 11.6 Å². The molecule has 0 amide bonds. The molecule has 48 valence electrons. The van der Waals surface area contributed by atoms with Gasteiger partial charge in [-0.15, -0.1) is 0 Å². The van der Waals surface area contributed by atoms with Crippen molar-refractivity contribution in [2.45, 2.75) is 6.42 Å². The summed E-state index contributed by atoms with van der Waals surface area (Å²) in [6, 6.07) is 0. The topological polar surface area (TPSA) is 43.4 Å². The molecular formula is C5H5O3P. The fourth-order valence-electron chi connectivity index (χ4n) is 0.549. The van der Waals surface area contributed by atoms with Crippen LogP contribution in [0.2, 0.25) is 0 Å². The number of ketones is 1. The number of allylic oxidation sites excluding steroid dienone is 1. The van der Waals surface area contributed by atoms with E-state index >= 15 is 0 Å². The summed E-state index contributed by atoms with van der Waals surface area (Å²) in [6.45, 7) is 0. The van der Waals surface area contributed by atoms with Gasteiger partial charge < -0.3 is 4.74 Å². The molecule has 1 aliphatic rings. The molecular weight excluding hydrogens is 139 g/mol. The number of carbonyl (C=O) groups excluding carboxylic acids is 2. The van der Waals surface area contributed by atoms with Gasteiger partial charge in [0.05, 0.1) is 0 Å². The Morgan fingerprint density at radius 1 is 1.56 bits per heavy atom. The van der Waals surface area contributed by atoms with Gasteiger partial charge in [0.1, 0.15) is 11.9 Å². The molecule has 1 rings (SSSR count). The van der Waals surface area contributed by atoms with E-state index in [1.54, 1.807) is 0 Å². The first kappa shape index (κ1) is 6.43. The number of ether oxygens (including phenoxy) is 1. The molecule has 1 atom stereocenters. The highest BCUT2D eigenvalue weighted by molar-refractivity contribution is 7.22. The third-order valence-electron chi connectivity index (χ3n) is 0.854. The van der Waals surface area contributed by atoms with Crippen molar-refractivity contribution in [3.8, 4) is 0 Å². The van der Waals surface area contributed by atoms with Crippen LogP contribution in [-0.4, -0.2) is 11.8 Å². The van der Waals surface area contributed by atoms with E-state index in [2.05, 4.69) is 14.0 Å². The van der Waals surface area contributed by atoms with Gasteiger partial charge in [0.2, 0.25) is 0 Å². The maximum absolute atomic E-state index is 10.5. The van der Waals surface area contributed by atoms with Gasteiger partial charge >= 0.3 is 5.97 Å². The van der Waals surface area contributed by atoms with E-state index in [9.17, 15) is 9.59 Å². The molecule has 0 aliphatic carbocycles. The SMILES string of the molecule is O=C1C=C(P)OC(=O)C1. The lowest BCUT2D eigenvalue weighted by molar-refractivity contribution is -0.142. The van der Waals surface area contributed by atoms with Crippen LogP contribution >= 0.6 is 9.24 Å². The summed E-state index contributed by atoms with van der Waals surface area (Å²) in [7, 11) is 2.15. The van der Waals surface area contributed by atoms with Crippen molar-refractivity contribution in [1.29, 1.82) is 0 Å². The second kappa shape index (κ2) is 2.28.